The van der Waals surface area contributed by atoms with Crippen LogP contribution in [0.2, 0.25) is 0 Å². The number of carbonyl (C=O) groups is 2. The lowest BCUT2D eigenvalue weighted by Gasteiger charge is -2.23. The first-order chi connectivity index (χ1) is 19.1. The zero-order chi connectivity index (χ0) is 28.9. The van der Waals surface area contributed by atoms with Crippen LogP contribution in [-0.4, -0.2) is 36.8 Å². The van der Waals surface area contributed by atoms with Crippen molar-refractivity contribution >= 4 is 23.2 Å². The maximum atomic E-state index is 12.5. The lowest BCUT2D eigenvalue weighted by molar-refractivity contribution is -0.134. The van der Waals surface area contributed by atoms with Crippen molar-refractivity contribution in [3.8, 4) is 5.75 Å². The average Bonchev–Trinajstić information content (AvgIpc) is 3.41. The van der Waals surface area contributed by atoms with Crippen molar-refractivity contribution in [2.24, 2.45) is 5.10 Å². The SMILES string of the molecule is CO/C=C(\C(=O)OC)c1ccccc1COc1cccc(C2=NN(C(C)=O)C(c3ccc(C(C)(C)C)cc3)C2)c1. The van der Waals surface area contributed by atoms with Crippen LogP contribution >= 0.6 is 0 Å². The molecule has 0 bridgehead atoms. The highest BCUT2D eigenvalue weighted by molar-refractivity contribution is 6.16. The van der Waals surface area contributed by atoms with Gasteiger partial charge in [0.15, 0.2) is 0 Å². The van der Waals surface area contributed by atoms with Crippen LogP contribution in [0.25, 0.3) is 5.57 Å². The number of methoxy groups -OCH3 is 2. The molecule has 7 heteroatoms. The van der Waals surface area contributed by atoms with Gasteiger partial charge < -0.3 is 14.2 Å². The summed E-state index contributed by atoms with van der Waals surface area (Å²) in [6.07, 6.45) is 1.97. The second kappa shape index (κ2) is 12.2. The van der Waals surface area contributed by atoms with Crippen LogP contribution in [0.3, 0.4) is 0 Å². The summed E-state index contributed by atoms with van der Waals surface area (Å²) in [6, 6.07) is 23.4. The predicted octanol–water partition coefficient (Wildman–Crippen LogP) is 6.42. The first-order valence-electron chi connectivity index (χ1n) is 13.2. The number of ether oxygens (including phenoxy) is 3. The molecule has 0 radical (unpaired) electrons. The molecule has 1 aliphatic rings. The molecule has 1 atom stereocenters. The third kappa shape index (κ3) is 6.42. The van der Waals surface area contributed by atoms with E-state index in [2.05, 4.69) is 45.0 Å². The van der Waals surface area contributed by atoms with E-state index in [1.807, 2.05) is 48.5 Å². The van der Waals surface area contributed by atoms with Gasteiger partial charge in [0.25, 0.3) is 0 Å². The van der Waals surface area contributed by atoms with Gasteiger partial charge in [-0.05, 0) is 39.8 Å². The minimum atomic E-state index is -0.492. The molecule has 1 aliphatic heterocycles. The maximum absolute atomic E-state index is 12.5. The third-order valence-corrected chi connectivity index (χ3v) is 6.90. The van der Waals surface area contributed by atoms with Gasteiger partial charge >= 0.3 is 5.97 Å². The molecular formula is C33H36N2O5. The number of rotatable bonds is 8. The van der Waals surface area contributed by atoms with Crippen molar-refractivity contribution in [2.75, 3.05) is 14.2 Å². The van der Waals surface area contributed by atoms with E-state index in [0.717, 1.165) is 22.4 Å². The van der Waals surface area contributed by atoms with Gasteiger partial charge in [0.2, 0.25) is 5.91 Å². The number of hydrogen-bond donors (Lipinski definition) is 0. The van der Waals surface area contributed by atoms with Crippen molar-refractivity contribution in [1.82, 2.24) is 5.01 Å². The molecule has 0 spiro atoms. The van der Waals surface area contributed by atoms with Gasteiger partial charge in [0, 0.05) is 18.9 Å². The van der Waals surface area contributed by atoms with Crippen LogP contribution in [0.5, 0.6) is 5.75 Å². The van der Waals surface area contributed by atoms with Crippen LogP contribution in [0.4, 0.5) is 0 Å². The molecule has 1 unspecified atom stereocenters. The Labute approximate surface area is 236 Å². The fourth-order valence-corrected chi connectivity index (χ4v) is 4.72. The summed E-state index contributed by atoms with van der Waals surface area (Å²) in [7, 11) is 2.82. The van der Waals surface area contributed by atoms with Gasteiger partial charge in [0.1, 0.15) is 17.9 Å². The lowest BCUT2D eigenvalue weighted by atomic mass is 9.86. The molecule has 7 nitrogen and oxygen atoms in total. The molecule has 0 aromatic heterocycles. The molecule has 0 saturated carbocycles. The Bertz CT molecular complexity index is 1430. The van der Waals surface area contributed by atoms with Crippen molar-refractivity contribution < 1.29 is 23.8 Å². The smallest absolute Gasteiger partial charge is 0.341 e. The van der Waals surface area contributed by atoms with E-state index in [4.69, 9.17) is 19.3 Å². The zero-order valence-electron chi connectivity index (χ0n) is 23.9. The van der Waals surface area contributed by atoms with Gasteiger partial charge in [-0.25, -0.2) is 9.80 Å². The molecule has 4 rings (SSSR count). The number of carbonyl (C=O) groups excluding carboxylic acids is 2. The summed E-state index contributed by atoms with van der Waals surface area (Å²) in [5.74, 6) is 0.0558. The summed E-state index contributed by atoms with van der Waals surface area (Å²) >= 11 is 0. The van der Waals surface area contributed by atoms with E-state index < -0.39 is 5.97 Å². The van der Waals surface area contributed by atoms with E-state index in [9.17, 15) is 9.59 Å². The van der Waals surface area contributed by atoms with Crippen LogP contribution in [0.15, 0.2) is 84.2 Å². The minimum absolute atomic E-state index is 0.0536. The van der Waals surface area contributed by atoms with Crippen molar-refractivity contribution in [1.29, 1.82) is 0 Å². The Morgan fingerprint density at radius 2 is 1.73 bits per heavy atom. The normalized spacial score (nSPS) is 15.4. The van der Waals surface area contributed by atoms with Gasteiger partial charge in [-0.2, -0.15) is 5.10 Å². The lowest BCUT2D eigenvalue weighted by Crippen LogP contribution is -2.24. The molecule has 0 N–H and O–H groups in total. The first kappa shape index (κ1) is 28.6. The maximum Gasteiger partial charge on any atom is 0.341 e. The van der Waals surface area contributed by atoms with Gasteiger partial charge in [-0.1, -0.05) is 81.4 Å². The largest absolute Gasteiger partial charge is 0.503 e. The van der Waals surface area contributed by atoms with E-state index in [1.54, 1.807) is 11.9 Å². The van der Waals surface area contributed by atoms with E-state index in [1.165, 1.54) is 26.0 Å². The van der Waals surface area contributed by atoms with Crippen LogP contribution in [-0.2, 0) is 31.1 Å². The Hall–Kier alpha value is -4.39. The van der Waals surface area contributed by atoms with Gasteiger partial charge in [-0.15, -0.1) is 0 Å². The Balaban J connectivity index is 1.54. The number of amides is 1. The summed E-state index contributed by atoms with van der Waals surface area (Å²) in [5.41, 5.74) is 5.85. The monoisotopic (exact) mass is 540 g/mol. The van der Waals surface area contributed by atoms with E-state index in [0.29, 0.717) is 23.3 Å². The predicted molar refractivity (Wildman–Crippen MR) is 156 cm³/mol. The molecule has 3 aromatic rings. The number of esters is 1. The van der Waals surface area contributed by atoms with Crippen molar-refractivity contribution in [3.63, 3.8) is 0 Å². The zero-order valence-corrected chi connectivity index (χ0v) is 23.9. The molecule has 0 saturated heterocycles. The molecule has 1 heterocycles. The number of nitrogens with zero attached hydrogens (tertiary/aromatic N) is 2. The van der Waals surface area contributed by atoms with Crippen LogP contribution < -0.4 is 4.74 Å². The highest BCUT2D eigenvalue weighted by atomic mass is 16.5. The van der Waals surface area contributed by atoms with E-state index >= 15 is 0 Å². The molecule has 3 aromatic carbocycles. The summed E-state index contributed by atoms with van der Waals surface area (Å²) in [6.45, 7) is 8.32. The number of hydrogen-bond acceptors (Lipinski definition) is 6. The molecular weight excluding hydrogens is 504 g/mol. The molecule has 0 aliphatic carbocycles. The summed E-state index contributed by atoms with van der Waals surface area (Å²) < 4.78 is 16.2. The quantitative estimate of drug-likeness (QED) is 0.187. The Morgan fingerprint density at radius 1 is 1.00 bits per heavy atom. The highest BCUT2D eigenvalue weighted by Gasteiger charge is 2.31. The van der Waals surface area contributed by atoms with Gasteiger partial charge in [0.05, 0.1) is 32.2 Å². The fraction of sp³-hybridized carbons (Fsp3) is 0.303. The standard InChI is InChI=1S/C33H36N2O5/c1-22(36)35-31(23-14-16-26(17-15-23)33(2,3)4)19-30(34-35)24-11-9-12-27(18-24)40-20-25-10-7-8-13-28(25)29(21-38-5)32(37)39-6/h7-18,21,31H,19-20H2,1-6H3/b29-21-. The average molecular weight is 541 g/mol. The second-order valence-corrected chi connectivity index (χ2v) is 10.7. The molecule has 40 heavy (non-hydrogen) atoms. The second-order valence-electron chi connectivity index (χ2n) is 10.7. The van der Waals surface area contributed by atoms with Crippen LogP contribution in [0.1, 0.15) is 68.0 Å². The van der Waals surface area contributed by atoms with Crippen molar-refractivity contribution in [3.05, 3.63) is 107 Å². The highest BCUT2D eigenvalue weighted by Crippen LogP contribution is 2.35. The Kier molecular flexibility index (Phi) is 8.73. The van der Waals surface area contributed by atoms with Crippen LogP contribution in [0, 0.1) is 0 Å². The summed E-state index contributed by atoms with van der Waals surface area (Å²) in [4.78, 5) is 24.8. The molecule has 208 valence electrons. The summed E-state index contributed by atoms with van der Waals surface area (Å²) in [5, 5.41) is 6.28. The van der Waals surface area contributed by atoms with Gasteiger partial charge in [-0.3, -0.25) is 4.79 Å². The topological polar surface area (TPSA) is 77.4 Å². The number of hydrazone groups is 1. The molecule has 0 fully saturated rings. The van der Waals surface area contributed by atoms with E-state index in [-0.39, 0.29) is 24.0 Å². The first-order valence-corrected chi connectivity index (χ1v) is 13.2. The molecule has 1 amide bonds. The third-order valence-electron chi connectivity index (χ3n) is 6.90. The van der Waals surface area contributed by atoms with Crippen molar-refractivity contribution in [2.45, 2.75) is 52.2 Å². The number of benzene rings is 3. The Morgan fingerprint density at radius 3 is 2.38 bits per heavy atom. The fourth-order valence-electron chi connectivity index (χ4n) is 4.72. The minimum Gasteiger partial charge on any atom is -0.503 e.